The number of methoxy groups -OCH3 is 1. The van der Waals surface area contributed by atoms with Gasteiger partial charge in [0, 0.05) is 10.2 Å². The fraction of sp³-hybridized carbons (Fsp3) is 0.160. The molecule has 6 nitrogen and oxygen atoms in total. The first-order valence-electron chi connectivity index (χ1n) is 10.5. The van der Waals surface area contributed by atoms with Gasteiger partial charge in [-0.25, -0.2) is 4.98 Å². The van der Waals surface area contributed by atoms with Crippen molar-refractivity contribution in [1.82, 2.24) is 10.3 Å². The van der Waals surface area contributed by atoms with Gasteiger partial charge in [-0.05, 0) is 82.1 Å². The van der Waals surface area contributed by atoms with Crippen LogP contribution in [-0.4, -0.2) is 23.1 Å². The highest BCUT2D eigenvalue weighted by Crippen LogP contribution is 2.34. The summed E-state index contributed by atoms with van der Waals surface area (Å²) in [4.78, 5) is 17.5. The van der Waals surface area contributed by atoms with Gasteiger partial charge in [0.15, 0.2) is 10.7 Å². The summed E-state index contributed by atoms with van der Waals surface area (Å²) in [5, 5.41) is 6.27. The number of oxazole rings is 1. The maximum absolute atomic E-state index is 12.8. The third-order valence-electron chi connectivity index (χ3n) is 5.22. The van der Waals surface area contributed by atoms with Gasteiger partial charge in [0.2, 0.25) is 5.89 Å². The van der Waals surface area contributed by atoms with E-state index in [2.05, 4.69) is 61.3 Å². The van der Waals surface area contributed by atoms with Gasteiger partial charge in [-0.1, -0.05) is 47.4 Å². The zero-order valence-electron chi connectivity index (χ0n) is 18.9. The van der Waals surface area contributed by atoms with Crippen molar-refractivity contribution in [3.05, 3.63) is 73.6 Å². The topological polar surface area (TPSA) is 76.4 Å². The molecule has 0 aliphatic heterocycles. The van der Waals surface area contributed by atoms with E-state index in [1.807, 2.05) is 18.2 Å². The number of anilines is 1. The number of hydrogen-bond donors (Lipinski definition) is 2. The van der Waals surface area contributed by atoms with E-state index >= 15 is 0 Å². The van der Waals surface area contributed by atoms with Crippen molar-refractivity contribution in [2.45, 2.75) is 19.8 Å². The predicted molar refractivity (Wildman–Crippen MR) is 151 cm³/mol. The number of carbonyl (C=O) groups is 1. The SMILES string of the molecule is COc1c(Br)cc(Br)cc1C(=O)NC(=S)Nc1ccc(Cl)c(-c2nc3cc(C(C)C)ccc3o2)c1. The van der Waals surface area contributed by atoms with Gasteiger partial charge < -0.3 is 14.5 Å². The summed E-state index contributed by atoms with van der Waals surface area (Å²) in [6.07, 6.45) is 0. The highest BCUT2D eigenvalue weighted by molar-refractivity contribution is 9.11. The molecular formula is C25H20Br2ClN3O3S. The van der Waals surface area contributed by atoms with Gasteiger partial charge in [-0.3, -0.25) is 10.1 Å². The number of halogens is 3. The highest BCUT2D eigenvalue weighted by atomic mass is 79.9. The number of amides is 1. The first kappa shape index (κ1) is 25.6. The maximum Gasteiger partial charge on any atom is 0.261 e. The van der Waals surface area contributed by atoms with Gasteiger partial charge in [0.1, 0.15) is 11.3 Å². The Morgan fingerprint density at radius 1 is 1.14 bits per heavy atom. The summed E-state index contributed by atoms with van der Waals surface area (Å²) in [5.74, 6) is 0.757. The summed E-state index contributed by atoms with van der Waals surface area (Å²) < 4.78 is 12.7. The van der Waals surface area contributed by atoms with Crippen LogP contribution in [0.25, 0.3) is 22.6 Å². The van der Waals surface area contributed by atoms with E-state index in [1.165, 1.54) is 12.7 Å². The van der Waals surface area contributed by atoms with Crippen molar-refractivity contribution < 1.29 is 13.9 Å². The molecule has 0 saturated carbocycles. The number of ether oxygens (including phenoxy) is 1. The van der Waals surface area contributed by atoms with Crippen LogP contribution in [0.5, 0.6) is 5.75 Å². The number of carbonyl (C=O) groups excluding carboxylic acids is 1. The summed E-state index contributed by atoms with van der Waals surface area (Å²) in [5.41, 5.74) is 4.15. The third kappa shape index (κ3) is 5.69. The number of thiocarbonyl (C=S) groups is 1. The van der Waals surface area contributed by atoms with Crippen LogP contribution in [0, 0.1) is 0 Å². The molecule has 4 rings (SSSR count). The monoisotopic (exact) mass is 635 g/mol. The van der Waals surface area contributed by atoms with Crippen molar-refractivity contribution >= 4 is 83.5 Å². The minimum atomic E-state index is -0.421. The van der Waals surface area contributed by atoms with Gasteiger partial charge >= 0.3 is 0 Å². The lowest BCUT2D eigenvalue weighted by Crippen LogP contribution is -2.34. The quantitative estimate of drug-likeness (QED) is 0.217. The lowest BCUT2D eigenvalue weighted by atomic mass is 10.0. The molecular weight excluding hydrogens is 618 g/mol. The Labute approximate surface area is 229 Å². The predicted octanol–water partition coefficient (Wildman–Crippen LogP) is 7.93. The summed E-state index contributed by atoms with van der Waals surface area (Å²) in [6, 6.07) is 14.6. The number of aromatic nitrogens is 1. The van der Waals surface area contributed by atoms with Gasteiger partial charge in [-0.2, -0.15) is 0 Å². The molecule has 0 unspecified atom stereocenters. The molecule has 3 aromatic carbocycles. The number of hydrogen-bond acceptors (Lipinski definition) is 5. The van der Waals surface area contributed by atoms with E-state index in [4.69, 9.17) is 33.0 Å². The second-order valence-electron chi connectivity index (χ2n) is 7.97. The Bertz CT molecular complexity index is 1460. The van der Waals surface area contributed by atoms with E-state index in [1.54, 1.807) is 30.3 Å². The van der Waals surface area contributed by atoms with Crippen LogP contribution >= 0.6 is 55.7 Å². The molecule has 1 heterocycles. The largest absolute Gasteiger partial charge is 0.495 e. The van der Waals surface area contributed by atoms with Crippen LogP contribution in [0.4, 0.5) is 5.69 Å². The molecule has 0 aliphatic carbocycles. The Hall–Kier alpha value is -2.46. The van der Waals surface area contributed by atoms with Crippen molar-refractivity contribution in [1.29, 1.82) is 0 Å². The number of benzene rings is 3. The molecule has 1 aromatic heterocycles. The molecule has 0 saturated heterocycles. The molecule has 0 bridgehead atoms. The van der Waals surface area contributed by atoms with Crippen LogP contribution in [0.3, 0.4) is 0 Å². The van der Waals surface area contributed by atoms with Crippen molar-refractivity contribution in [2.24, 2.45) is 0 Å². The van der Waals surface area contributed by atoms with Crippen LogP contribution in [0.15, 0.2) is 61.9 Å². The molecule has 0 radical (unpaired) electrons. The molecule has 0 fully saturated rings. The lowest BCUT2D eigenvalue weighted by Gasteiger charge is -2.13. The van der Waals surface area contributed by atoms with Gasteiger partial charge in [0.25, 0.3) is 5.91 Å². The van der Waals surface area contributed by atoms with E-state index in [0.717, 1.165) is 9.99 Å². The van der Waals surface area contributed by atoms with Crippen LogP contribution in [-0.2, 0) is 0 Å². The Balaban J connectivity index is 1.55. The molecule has 0 aliphatic rings. The standard InChI is InChI=1S/C25H20Br2ClN3O3S/c1-12(2)13-4-7-21-20(8-13)30-24(34-21)16-11-15(5-6-19(16)28)29-25(35)31-23(32)17-9-14(26)10-18(27)22(17)33-3/h4-12H,1-3H3,(H2,29,31,32,35). The summed E-state index contributed by atoms with van der Waals surface area (Å²) in [6.45, 7) is 4.25. The third-order valence-corrected chi connectivity index (χ3v) is 6.80. The first-order chi connectivity index (χ1) is 16.7. The zero-order chi connectivity index (χ0) is 25.3. The molecule has 35 heavy (non-hydrogen) atoms. The van der Waals surface area contributed by atoms with E-state index in [-0.39, 0.29) is 5.11 Å². The normalized spacial score (nSPS) is 11.1. The van der Waals surface area contributed by atoms with Crippen molar-refractivity contribution in [3.8, 4) is 17.2 Å². The summed E-state index contributed by atoms with van der Waals surface area (Å²) >= 11 is 18.6. The molecule has 10 heteroatoms. The Morgan fingerprint density at radius 2 is 1.91 bits per heavy atom. The van der Waals surface area contributed by atoms with Crippen molar-refractivity contribution in [3.63, 3.8) is 0 Å². The molecule has 0 atom stereocenters. The number of nitrogens with zero attached hydrogens (tertiary/aromatic N) is 1. The van der Waals surface area contributed by atoms with Gasteiger partial charge in [-0.15, -0.1) is 0 Å². The average molecular weight is 638 g/mol. The highest BCUT2D eigenvalue weighted by Gasteiger charge is 2.18. The first-order valence-corrected chi connectivity index (χ1v) is 12.9. The van der Waals surface area contributed by atoms with E-state index in [0.29, 0.717) is 49.5 Å². The summed E-state index contributed by atoms with van der Waals surface area (Å²) in [7, 11) is 1.49. The minimum absolute atomic E-state index is 0.112. The number of nitrogens with one attached hydrogen (secondary N) is 2. The number of rotatable bonds is 5. The minimum Gasteiger partial charge on any atom is -0.495 e. The molecule has 2 N–H and O–H groups in total. The Morgan fingerprint density at radius 3 is 2.63 bits per heavy atom. The fourth-order valence-electron chi connectivity index (χ4n) is 3.45. The average Bonchev–Trinajstić information content (AvgIpc) is 3.23. The molecule has 180 valence electrons. The molecule has 4 aromatic rings. The number of fused-ring (bicyclic) bond motifs is 1. The van der Waals surface area contributed by atoms with E-state index in [9.17, 15) is 4.79 Å². The fourth-order valence-corrected chi connectivity index (χ4v) is 5.25. The van der Waals surface area contributed by atoms with Crippen molar-refractivity contribution in [2.75, 3.05) is 12.4 Å². The van der Waals surface area contributed by atoms with Crippen LogP contribution < -0.4 is 15.4 Å². The van der Waals surface area contributed by atoms with Crippen LogP contribution in [0.2, 0.25) is 5.02 Å². The maximum atomic E-state index is 12.8. The molecule has 1 amide bonds. The smallest absolute Gasteiger partial charge is 0.261 e. The van der Waals surface area contributed by atoms with E-state index < -0.39 is 5.91 Å². The lowest BCUT2D eigenvalue weighted by molar-refractivity contribution is 0.0974. The Kier molecular flexibility index (Phi) is 7.80. The zero-order valence-corrected chi connectivity index (χ0v) is 23.7. The second kappa shape index (κ2) is 10.7. The molecule has 0 spiro atoms. The van der Waals surface area contributed by atoms with Gasteiger partial charge in [0.05, 0.1) is 27.7 Å². The second-order valence-corrected chi connectivity index (χ2v) is 10.6. The van der Waals surface area contributed by atoms with Crippen LogP contribution in [0.1, 0.15) is 35.7 Å².